The average molecular weight is 329 g/mol. The Hall–Kier alpha value is -1.54. The topological polar surface area (TPSA) is 49.3 Å². The fraction of sp³-hybridized carbons (Fsp3) is 0.316. The number of aldehydes is 1. The summed E-state index contributed by atoms with van der Waals surface area (Å²) in [5.74, 6) is 0. The lowest BCUT2D eigenvalue weighted by Crippen LogP contribution is -2.34. The second-order valence-corrected chi connectivity index (χ2v) is 6.60. The molecule has 4 heteroatoms. The van der Waals surface area contributed by atoms with Gasteiger partial charge in [-0.05, 0) is 29.5 Å². The largest absolute Gasteiger partial charge is 0.395 e. The number of carbonyl (C=O) groups is 1. The molecule has 0 heterocycles. The van der Waals surface area contributed by atoms with Crippen LogP contribution in [0.2, 0.25) is 0 Å². The average Bonchev–Trinajstić information content (AvgIpc) is 2.62. The van der Waals surface area contributed by atoms with Crippen LogP contribution >= 0.6 is 9.39 Å². The van der Waals surface area contributed by atoms with Crippen LogP contribution in [0.15, 0.2) is 54.6 Å². The van der Waals surface area contributed by atoms with E-state index in [-0.39, 0.29) is 12.6 Å². The third kappa shape index (κ3) is 4.97. The SMILES string of the molecule is CC(C=O)(CO)C[C@@H](Cc1ccc(-c2ccccc2)cc1)NP. The van der Waals surface area contributed by atoms with Crippen molar-refractivity contribution < 1.29 is 9.90 Å². The highest BCUT2D eigenvalue weighted by Crippen LogP contribution is 2.24. The minimum absolute atomic E-state index is 0.116. The molecule has 0 saturated carbocycles. The Morgan fingerprint density at radius 3 is 2.26 bits per heavy atom. The van der Waals surface area contributed by atoms with Crippen molar-refractivity contribution in [2.75, 3.05) is 6.61 Å². The number of benzene rings is 2. The molecule has 0 radical (unpaired) electrons. The molecule has 3 atom stereocenters. The van der Waals surface area contributed by atoms with E-state index in [9.17, 15) is 9.90 Å². The molecule has 2 rings (SSSR count). The zero-order valence-electron chi connectivity index (χ0n) is 13.4. The molecule has 0 fully saturated rings. The Morgan fingerprint density at radius 1 is 1.13 bits per heavy atom. The van der Waals surface area contributed by atoms with E-state index >= 15 is 0 Å². The van der Waals surface area contributed by atoms with E-state index in [1.165, 1.54) is 16.7 Å². The fourth-order valence-electron chi connectivity index (χ4n) is 2.65. The molecule has 0 aliphatic carbocycles. The van der Waals surface area contributed by atoms with Gasteiger partial charge in [-0.15, -0.1) is 0 Å². The normalized spacial score (nSPS) is 14.9. The lowest BCUT2D eigenvalue weighted by atomic mass is 9.84. The molecular formula is C19H24NO2P. The minimum atomic E-state index is -0.696. The van der Waals surface area contributed by atoms with Crippen LogP contribution in [-0.2, 0) is 11.2 Å². The molecule has 0 aromatic heterocycles. The molecule has 0 bridgehead atoms. The molecule has 122 valence electrons. The van der Waals surface area contributed by atoms with Crippen molar-refractivity contribution in [3.05, 3.63) is 60.2 Å². The Bertz CT molecular complexity index is 615. The van der Waals surface area contributed by atoms with E-state index < -0.39 is 5.41 Å². The molecule has 23 heavy (non-hydrogen) atoms. The van der Waals surface area contributed by atoms with Crippen LogP contribution < -0.4 is 5.09 Å². The van der Waals surface area contributed by atoms with Crippen molar-refractivity contribution in [2.24, 2.45) is 5.41 Å². The van der Waals surface area contributed by atoms with Crippen molar-refractivity contribution in [1.29, 1.82) is 0 Å². The summed E-state index contributed by atoms with van der Waals surface area (Å²) >= 11 is 0. The first-order valence-electron chi connectivity index (χ1n) is 7.78. The summed E-state index contributed by atoms with van der Waals surface area (Å²) in [5, 5.41) is 12.6. The van der Waals surface area contributed by atoms with Gasteiger partial charge in [-0.25, -0.2) is 0 Å². The van der Waals surface area contributed by atoms with Gasteiger partial charge in [0.1, 0.15) is 6.29 Å². The number of aliphatic hydroxyl groups is 1. The van der Waals surface area contributed by atoms with Gasteiger partial charge < -0.3 is 9.90 Å². The molecule has 0 saturated heterocycles. The van der Waals surface area contributed by atoms with Gasteiger partial charge in [0, 0.05) is 11.5 Å². The van der Waals surface area contributed by atoms with Crippen molar-refractivity contribution in [1.82, 2.24) is 5.09 Å². The minimum Gasteiger partial charge on any atom is -0.395 e. The van der Waals surface area contributed by atoms with Crippen LogP contribution in [-0.4, -0.2) is 24.0 Å². The molecule has 2 unspecified atom stereocenters. The van der Waals surface area contributed by atoms with Crippen LogP contribution in [0, 0.1) is 5.41 Å². The van der Waals surface area contributed by atoms with Crippen molar-refractivity contribution in [3.8, 4) is 11.1 Å². The second-order valence-electron chi connectivity index (χ2n) is 6.26. The first kappa shape index (κ1) is 17.8. The third-order valence-electron chi connectivity index (χ3n) is 4.14. The van der Waals surface area contributed by atoms with Gasteiger partial charge in [-0.3, -0.25) is 5.09 Å². The van der Waals surface area contributed by atoms with Gasteiger partial charge in [0.05, 0.1) is 6.61 Å². The Morgan fingerprint density at radius 2 is 1.74 bits per heavy atom. The molecule has 0 spiro atoms. The summed E-state index contributed by atoms with van der Waals surface area (Å²) in [6, 6.07) is 18.9. The first-order chi connectivity index (χ1) is 11.1. The zero-order valence-corrected chi connectivity index (χ0v) is 14.6. The smallest absolute Gasteiger partial charge is 0.128 e. The second kappa shape index (κ2) is 8.35. The number of hydrogen-bond donors (Lipinski definition) is 2. The van der Waals surface area contributed by atoms with Gasteiger partial charge in [0.15, 0.2) is 0 Å². The molecule has 2 aromatic carbocycles. The zero-order chi connectivity index (χ0) is 16.7. The van der Waals surface area contributed by atoms with Gasteiger partial charge in [-0.1, -0.05) is 70.9 Å². The molecule has 2 N–H and O–H groups in total. The lowest BCUT2D eigenvalue weighted by molar-refractivity contribution is -0.118. The number of carbonyl (C=O) groups excluding carboxylic acids is 1. The molecule has 2 aromatic rings. The maximum atomic E-state index is 11.2. The van der Waals surface area contributed by atoms with Gasteiger partial charge in [-0.2, -0.15) is 0 Å². The van der Waals surface area contributed by atoms with Crippen molar-refractivity contribution in [2.45, 2.75) is 25.8 Å². The predicted molar refractivity (Wildman–Crippen MR) is 98.1 cm³/mol. The number of hydrogen-bond acceptors (Lipinski definition) is 3. The third-order valence-corrected chi connectivity index (χ3v) is 4.61. The van der Waals surface area contributed by atoms with Gasteiger partial charge >= 0.3 is 0 Å². The summed E-state index contributed by atoms with van der Waals surface area (Å²) in [5.41, 5.74) is 2.90. The summed E-state index contributed by atoms with van der Waals surface area (Å²) in [7, 11) is 2.51. The first-order valence-corrected chi connectivity index (χ1v) is 8.35. The highest BCUT2D eigenvalue weighted by Gasteiger charge is 2.26. The standard InChI is InChI=1S/C19H24NO2P/c1-19(13-21,14-22)12-18(20-23)11-15-7-9-17(10-8-15)16-5-3-2-4-6-16/h2-10,13,18,20,22H,11-12,14,23H2,1H3/t18-,19?/m1/s1. The van der Waals surface area contributed by atoms with Gasteiger partial charge in [0.25, 0.3) is 0 Å². The highest BCUT2D eigenvalue weighted by molar-refractivity contribution is 7.13. The van der Waals surface area contributed by atoms with Crippen LogP contribution in [0.4, 0.5) is 0 Å². The van der Waals surface area contributed by atoms with E-state index in [0.29, 0.717) is 6.42 Å². The fourth-order valence-corrected chi connectivity index (χ4v) is 2.89. The molecule has 3 nitrogen and oxygen atoms in total. The van der Waals surface area contributed by atoms with Crippen LogP contribution in [0.3, 0.4) is 0 Å². The van der Waals surface area contributed by atoms with Crippen LogP contribution in [0.5, 0.6) is 0 Å². The molecule has 0 aliphatic heterocycles. The Balaban J connectivity index is 2.06. The van der Waals surface area contributed by atoms with Crippen LogP contribution in [0.25, 0.3) is 11.1 Å². The summed E-state index contributed by atoms with van der Waals surface area (Å²) in [4.78, 5) is 11.2. The van der Waals surface area contributed by atoms with Gasteiger partial charge in [0.2, 0.25) is 0 Å². The lowest BCUT2D eigenvalue weighted by Gasteiger charge is -2.26. The van der Waals surface area contributed by atoms with Crippen LogP contribution in [0.1, 0.15) is 18.9 Å². The summed E-state index contributed by atoms with van der Waals surface area (Å²) < 4.78 is 0. The van der Waals surface area contributed by atoms with E-state index in [0.717, 1.165) is 12.7 Å². The summed E-state index contributed by atoms with van der Waals surface area (Å²) in [6.07, 6.45) is 2.25. The molecule has 0 aliphatic rings. The predicted octanol–water partition coefficient (Wildman–Crippen LogP) is 3.23. The maximum absolute atomic E-state index is 11.2. The highest BCUT2D eigenvalue weighted by atomic mass is 31.0. The number of aliphatic hydroxyl groups excluding tert-OH is 1. The Kier molecular flexibility index (Phi) is 6.47. The number of rotatable bonds is 8. The monoisotopic (exact) mass is 329 g/mol. The van der Waals surface area contributed by atoms with E-state index in [4.69, 9.17) is 0 Å². The Labute approximate surface area is 140 Å². The summed E-state index contributed by atoms with van der Waals surface area (Å²) in [6.45, 7) is 1.65. The van der Waals surface area contributed by atoms with Crippen molar-refractivity contribution >= 4 is 15.7 Å². The van der Waals surface area contributed by atoms with Crippen molar-refractivity contribution in [3.63, 3.8) is 0 Å². The molecular weight excluding hydrogens is 305 g/mol. The van der Waals surface area contributed by atoms with E-state index in [1.807, 2.05) is 18.2 Å². The maximum Gasteiger partial charge on any atom is 0.128 e. The quantitative estimate of drug-likeness (QED) is 0.577. The number of nitrogens with one attached hydrogen (secondary N) is 1. The van der Waals surface area contributed by atoms with E-state index in [2.05, 4.69) is 50.9 Å². The van der Waals surface area contributed by atoms with E-state index in [1.54, 1.807) is 6.92 Å². The molecule has 0 amide bonds.